The summed E-state index contributed by atoms with van der Waals surface area (Å²) in [6.45, 7) is 4.44. The summed E-state index contributed by atoms with van der Waals surface area (Å²) in [5.41, 5.74) is 8.72. The lowest BCUT2D eigenvalue weighted by molar-refractivity contribution is -0.106. The van der Waals surface area contributed by atoms with Gasteiger partial charge in [0.15, 0.2) is 0 Å². The monoisotopic (exact) mass is 241 g/mol. The second-order valence-electron chi connectivity index (χ2n) is 5.56. The van der Waals surface area contributed by atoms with Crippen molar-refractivity contribution in [2.45, 2.75) is 13.3 Å². The summed E-state index contributed by atoms with van der Waals surface area (Å²) in [7, 11) is 0. The Kier molecular flexibility index (Phi) is 2.84. The largest absolute Gasteiger partial charge is 0.380 e. The Morgan fingerprint density at radius 3 is 2.50 bits per heavy atom. The van der Waals surface area contributed by atoms with Gasteiger partial charge < -0.3 is 10.5 Å². The lowest BCUT2D eigenvalue weighted by atomic mass is 9.79. The summed E-state index contributed by atoms with van der Waals surface area (Å²) in [6, 6.07) is 13.3. The number of aryl methyl sites for hydroxylation is 1. The van der Waals surface area contributed by atoms with Crippen LogP contribution in [0.4, 0.5) is 0 Å². The number of rotatable bonds is 3. The van der Waals surface area contributed by atoms with Gasteiger partial charge in [0.1, 0.15) is 0 Å². The predicted molar refractivity (Wildman–Crippen MR) is 74.7 cm³/mol. The molecule has 1 aliphatic rings. The summed E-state index contributed by atoms with van der Waals surface area (Å²) in [6.07, 6.45) is 1.02. The molecule has 0 amide bonds. The molecular formula is C16H19NO. The van der Waals surface area contributed by atoms with Gasteiger partial charge >= 0.3 is 0 Å². The van der Waals surface area contributed by atoms with E-state index in [2.05, 4.69) is 43.3 Å². The Morgan fingerprint density at radius 2 is 1.83 bits per heavy atom. The molecular weight excluding hydrogens is 222 g/mol. The maximum Gasteiger partial charge on any atom is 0.0560 e. The fourth-order valence-corrected chi connectivity index (χ4v) is 2.64. The standard InChI is InChI=1S/C16H19NO/c1-12-2-4-15-7-13(3-5-14(15)6-12)8-16(9-17)10-18-11-16/h2-7H,8-11,17H2,1H3. The maximum absolute atomic E-state index is 5.87. The normalized spacial score (nSPS) is 17.7. The Hall–Kier alpha value is -1.38. The lowest BCUT2D eigenvalue weighted by Gasteiger charge is -2.40. The van der Waals surface area contributed by atoms with Crippen molar-refractivity contribution < 1.29 is 4.74 Å². The molecule has 2 N–H and O–H groups in total. The van der Waals surface area contributed by atoms with Crippen LogP contribution in [0.3, 0.4) is 0 Å². The molecule has 0 aromatic heterocycles. The molecule has 0 unspecified atom stereocenters. The van der Waals surface area contributed by atoms with Gasteiger partial charge in [-0.15, -0.1) is 0 Å². The van der Waals surface area contributed by atoms with Crippen molar-refractivity contribution in [1.29, 1.82) is 0 Å². The summed E-state index contributed by atoms with van der Waals surface area (Å²) < 4.78 is 5.32. The van der Waals surface area contributed by atoms with Crippen LogP contribution in [-0.4, -0.2) is 19.8 Å². The molecule has 0 aliphatic carbocycles. The smallest absolute Gasteiger partial charge is 0.0560 e. The molecule has 1 aliphatic heterocycles. The molecule has 1 heterocycles. The fourth-order valence-electron chi connectivity index (χ4n) is 2.64. The van der Waals surface area contributed by atoms with Gasteiger partial charge in [-0.2, -0.15) is 0 Å². The summed E-state index contributed by atoms with van der Waals surface area (Å²) in [5, 5.41) is 2.62. The van der Waals surface area contributed by atoms with Crippen molar-refractivity contribution in [3.05, 3.63) is 47.5 Å². The molecule has 0 saturated carbocycles. The van der Waals surface area contributed by atoms with Crippen LogP contribution < -0.4 is 5.73 Å². The highest BCUT2D eigenvalue weighted by Crippen LogP contribution is 2.31. The molecule has 1 saturated heterocycles. The van der Waals surface area contributed by atoms with Gasteiger partial charge in [0.05, 0.1) is 13.2 Å². The first-order valence-electron chi connectivity index (χ1n) is 6.48. The van der Waals surface area contributed by atoms with E-state index in [9.17, 15) is 0 Å². The van der Waals surface area contributed by atoms with E-state index in [0.717, 1.165) is 19.6 Å². The number of fused-ring (bicyclic) bond motifs is 1. The summed E-state index contributed by atoms with van der Waals surface area (Å²) in [5.74, 6) is 0. The fraction of sp³-hybridized carbons (Fsp3) is 0.375. The van der Waals surface area contributed by atoms with E-state index < -0.39 is 0 Å². The first-order chi connectivity index (χ1) is 8.71. The molecule has 2 nitrogen and oxygen atoms in total. The highest BCUT2D eigenvalue weighted by molar-refractivity contribution is 5.83. The van der Waals surface area contributed by atoms with E-state index in [0.29, 0.717) is 6.54 Å². The first-order valence-corrected chi connectivity index (χ1v) is 6.48. The quantitative estimate of drug-likeness (QED) is 0.896. The lowest BCUT2D eigenvalue weighted by Crippen LogP contribution is -2.49. The van der Waals surface area contributed by atoms with Crippen LogP contribution in [0.2, 0.25) is 0 Å². The molecule has 1 fully saturated rings. The SMILES string of the molecule is Cc1ccc2cc(CC3(CN)COC3)ccc2c1. The molecule has 0 spiro atoms. The van der Waals surface area contributed by atoms with Gasteiger partial charge in [-0.05, 0) is 29.7 Å². The van der Waals surface area contributed by atoms with E-state index >= 15 is 0 Å². The third kappa shape index (κ3) is 2.02. The minimum atomic E-state index is 0.179. The number of ether oxygens (including phenoxy) is 1. The van der Waals surface area contributed by atoms with Gasteiger partial charge in [-0.25, -0.2) is 0 Å². The van der Waals surface area contributed by atoms with Crippen LogP contribution in [0.5, 0.6) is 0 Å². The van der Waals surface area contributed by atoms with Crippen molar-refractivity contribution in [3.63, 3.8) is 0 Å². The number of hydrogen-bond donors (Lipinski definition) is 1. The highest BCUT2D eigenvalue weighted by Gasteiger charge is 2.37. The second kappa shape index (κ2) is 4.38. The van der Waals surface area contributed by atoms with E-state index in [1.807, 2.05) is 0 Å². The predicted octanol–water partition coefficient (Wildman–Crippen LogP) is 2.67. The van der Waals surface area contributed by atoms with Gasteiger partial charge in [-0.1, -0.05) is 42.0 Å². The molecule has 2 aromatic rings. The number of nitrogens with two attached hydrogens (primary N) is 1. The Morgan fingerprint density at radius 1 is 1.11 bits per heavy atom. The third-order valence-corrected chi connectivity index (χ3v) is 3.89. The van der Waals surface area contributed by atoms with Gasteiger partial charge in [0.2, 0.25) is 0 Å². The third-order valence-electron chi connectivity index (χ3n) is 3.89. The van der Waals surface area contributed by atoms with Crippen LogP contribution in [0.25, 0.3) is 10.8 Å². The Balaban J connectivity index is 1.91. The van der Waals surface area contributed by atoms with Crippen molar-refractivity contribution in [3.8, 4) is 0 Å². The Labute approximate surface area is 108 Å². The zero-order chi connectivity index (χ0) is 12.6. The van der Waals surface area contributed by atoms with Gasteiger partial charge in [0, 0.05) is 12.0 Å². The van der Waals surface area contributed by atoms with E-state index in [1.165, 1.54) is 21.9 Å². The molecule has 0 bridgehead atoms. The first kappa shape index (κ1) is 11.7. The molecule has 0 atom stereocenters. The highest BCUT2D eigenvalue weighted by atomic mass is 16.5. The molecule has 2 aromatic carbocycles. The second-order valence-corrected chi connectivity index (χ2v) is 5.56. The van der Waals surface area contributed by atoms with Crippen LogP contribution in [0, 0.1) is 12.3 Å². The average molecular weight is 241 g/mol. The van der Waals surface area contributed by atoms with Crippen LogP contribution >= 0.6 is 0 Å². The Bertz CT molecular complexity index is 567. The molecule has 2 heteroatoms. The molecule has 18 heavy (non-hydrogen) atoms. The topological polar surface area (TPSA) is 35.2 Å². The number of benzene rings is 2. The van der Waals surface area contributed by atoms with Crippen LogP contribution in [0.1, 0.15) is 11.1 Å². The zero-order valence-electron chi connectivity index (χ0n) is 10.8. The van der Waals surface area contributed by atoms with E-state index in [-0.39, 0.29) is 5.41 Å². The van der Waals surface area contributed by atoms with Gasteiger partial charge in [0.25, 0.3) is 0 Å². The molecule has 0 radical (unpaired) electrons. The van der Waals surface area contributed by atoms with Crippen molar-refractivity contribution >= 4 is 10.8 Å². The molecule has 3 rings (SSSR count). The minimum Gasteiger partial charge on any atom is -0.380 e. The van der Waals surface area contributed by atoms with Crippen molar-refractivity contribution in [2.75, 3.05) is 19.8 Å². The van der Waals surface area contributed by atoms with Crippen LogP contribution in [-0.2, 0) is 11.2 Å². The maximum atomic E-state index is 5.87. The van der Waals surface area contributed by atoms with E-state index in [1.54, 1.807) is 0 Å². The summed E-state index contributed by atoms with van der Waals surface area (Å²) in [4.78, 5) is 0. The van der Waals surface area contributed by atoms with Crippen molar-refractivity contribution in [2.24, 2.45) is 11.1 Å². The number of hydrogen-bond acceptors (Lipinski definition) is 2. The van der Waals surface area contributed by atoms with Crippen molar-refractivity contribution in [1.82, 2.24) is 0 Å². The van der Waals surface area contributed by atoms with Gasteiger partial charge in [-0.3, -0.25) is 0 Å². The zero-order valence-corrected chi connectivity index (χ0v) is 10.8. The minimum absolute atomic E-state index is 0.179. The summed E-state index contributed by atoms with van der Waals surface area (Å²) >= 11 is 0. The molecule has 94 valence electrons. The average Bonchev–Trinajstić information content (AvgIpc) is 2.34. The van der Waals surface area contributed by atoms with Crippen LogP contribution in [0.15, 0.2) is 36.4 Å². The van der Waals surface area contributed by atoms with E-state index in [4.69, 9.17) is 10.5 Å².